The SMILES string of the molecule is COCCOCC(O)CNCCC1CCCO1. The molecule has 0 aromatic carbocycles. The molecule has 1 heterocycles. The van der Waals surface area contributed by atoms with Gasteiger partial charge in [0.15, 0.2) is 0 Å². The van der Waals surface area contributed by atoms with E-state index in [1.165, 1.54) is 12.8 Å². The van der Waals surface area contributed by atoms with Crippen LogP contribution in [0.25, 0.3) is 0 Å². The monoisotopic (exact) mass is 247 g/mol. The third kappa shape index (κ3) is 7.68. The van der Waals surface area contributed by atoms with Crippen LogP contribution in [-0.4, -0.2) is 63.9 Å². The van der Waals surface area contributed by atoms with Crippen LogP contribution in [0.2, 0.25) is 0 Å². The number of hydrogen-bond donors (Lipinski definition) is 2. The summed E-state index contributed by atoms with van der Waals surface area (Å²) in [6.45, 7) is 3.82. The van der Waals surface area contributed by atoms with Crippen LogP contribution >= 0.6 is 0 Å². The summed E-state index contributed by atoms with van der Waals surface area (Å²) in [6, 6.07) is 0. The zero-order valence-electron chi connectivity index (χ0n) is 10.7. The maximum atomic E-state index is 9.58. The minimum atomic E-state index is -0.448. The molecular formula is C12H25NO4. The van der Waals surface area contributed by atoms with Crippen LogP contribution in [0.1, 0.15) is 19.3 Å². The summed E-state index contributed by atoms with van der Waals surface area (Å²) >= 11 is 0. The molecule has 1 fully saturated rings. The van der Waals surface area contributed by atoms with E-state index >= 15 is 0 Å². The Bertz CT molecular complexity index is 174. The molecule has 17 heavy (non-hydrogen) atoms. The lowest BCUT2D eigenvalue weighted by Crippen LogP contribution is -2.32. The second kappa shape index (κ2) is 9.79. The zero-order valence-corrected chi connectivity index (χ0v) is 10.7. The Hall–Kier alpha value is -0.200. The fraction of sp³-hybridized carbons (Fsp3) is 1.00. The van der Waals surface area contributed by atoms with E-state index in [1.807, 2.05) is 0 Å². The summed E-state index contributed by atoms with van der Waals surface area (Å²) in [5.41, 5.74) is 0. The van der Waals surface area contributed by atoms with Gasteiger partial charge < -0.3 is 24.6 Å². The van der Waals surface area contributed by atoms with Crippen molar-refractivity contribution in [2.24, 2.45) is 0 Å². The van der Waals surface area contributed by atoms with E-state index < -0.39 is 6.10 Å². The van der Waals surface area contributed by atoms with Crippen LogP contribution < -0.4 is 5.32 Å². The third-order valence-corrected chi connectivity index (χ3v) is 2.79. The number of aliphatic hydroxyl groups is 1. The molecule has 1 aliphatic rings. The molecule has 1 saturated heterocycles. The van der Waals surface area contributed by atoms with Gasteiger partial charge in [0.05, 0.1) is 32.0 Å². The van der Waals surface area contributed by atoms with Crippen molar-refractivity contribution in [3.05, 3.63) is 0 Å². The Balaban J connectivity index is 1.84. The maximum absolute atomic E-state index is 9.58. The van der Waals surface area contributed by atoms with E-state index in [0.29, 0.717) is 32.5 Å². The number of hydrogen-bond acceptors (Lipinski definition) is 5. The molecule has 1 aliphatic heterocycles. The van der Waals surface area contributed by atoms with E-state index in [0.717, 1.165) is 19.6 Å². The van der Waals surface area contributed by atoms with Gasteiger partial charge in [0.1, 0.15) is 0 Å². The van der Waals surface area contributed by atoms with Crippen molar-refractivity contribution in [3.8, 4) is 0 Å². The van der Waals surface area contributed by atoms with E-state index in [4.69, 9.17) is 14.2 Å². The van der Waals surface area contributed by atoms with Gasteiger partial charge in [-0.3, -0.25) is 0 Å². The molecule has 0 amide bonds. The molecule has 2 atom stereocenters. The minimum Gasteiger partial charge on any atom is -0.389 e. The van der Waals surface area contributed by atoms with Crippen LogP contribution in [0.5, 0.6) is 0 Å². The van der Waals surface area contributed by atoms with E-state index in [9.17, 15) is 5.11 Å². The largest absolute Gasteiger partial charge is 0.389 e. The average Bonchev–Trinajstić information content (AvgIpc) is 2.83. The molecule has 0 saturated carbocycles. The van der Waals surface area contributed by atoms with Crippen molar-refractivity contribution >= 4 is 0 Å². The van der Waals surface area contributed by atoms with Gasteiger partial charge >= 0.3 is 0 Å². The molecule has 5 heteroatoms. The highest BCUT2D eigenvalue weighted by molar-refractivity contribution is 4.67. The Morgan fingerprint density at radius 3 is 3.06 bits per heavy atom. The van der Waals surface area contributed by atoms with Gasteiger partial charge in [0, 0.05) is 20.3 Å². The van der Waals surface area contributed by atoms with Gasteiger partial charge in [-0.2, -0.15) is 0 Å². The molecule has 2 N–H and O–H groups in total. The lowest BCUT2D eigenvalue weighted by atomic mass is 10.2. The molecule has 5 nitrogen and oxygen atoms in total. The molecule has 0 bridgehead atoms. The molecule has 0 aliphatic carbocycles. The Kier molecular flexibility index (Phi) is 8.56. The van der Waals surface area contributed by atoms with Gasteiger partial charge in [-0.1, -0.05) is 0 Å². The summed E-state index contributed by atoms with van der Waals surface area (Å²) < 4.78 is 15.6. The third-order valence-electron chi connectivity index (χ3n) is 2.79. The number of methoxy groups -OCH3 is 1. The second-order valence-corrected chi connectivity index (χ2v) is 4.35. The van der Waals surface area contributed by atoms with Crippen molar-refractivity contribution in [3.63, 3.8) is 0 Å². The molecule has 1 rings (SSSR count). The van der Waals surface area contributed by atoms with Crippen molar-refractivity contribution in [1.29, 1.82) is 0 Å². The van der Waals surface area contributed by atoms with Crippen LogP contribution in [-0.2, 0) is 14.2 Å². The lowest BCUT2D eigenvalue weighted by Gasteiger charge is -2.13. The van der Waals surface area contributed by atoms with Crippen molar-refractivity contribution in [2.75, 3.05) is 46.6 Å². The van der Waals surface area contributed by atoms with Gasteiger partial charge in [-0.05, 0) is 25.8 Å². The Labute approximate surface area is 103 Å². The fourth-order valence-corrected chi connectivity index (χ4v) is 1.82. The first-order valence-corrected chi connectivity index (χ1v) is 6.40. The van der Waals surface area contributed by atoms with Crippen LogP contribution in [0.15, 0.2) is 0 Å². The van der Waals surface area contributed by atoms with E-state index in [2.05, 4.69) is 5.32 Å². The van der Waals surface area contributed by atoms with Crippen molar-refractivity contribution < 1.29 is 19.3 Å². The zero-order chi connectivity index (χ0) is 12.3. The molecule has 0 aromatic rings. The summed E-state index contributed by atoms with van der Waals surface area (Å²) in [5, 5.41) is 12.8. The van der Waals surface area contributed by atoms with Gasteiger partial charge in [0.2, 0.25) is 0 Å². The average molecular weight is 247 g/mol. The van der Waals surface area contributed by atoms with Gasteiger partial charge in [-0.15, -0.1) is 0 Å². The topological polar surface area (TPSA) is 60.0 Å². The normalized spacial score (nSPS) is 21.9. The summed E-state index contributed by atoms with van der Waals surface area (Å²) in [7, 11) is 1.63. The summed E-state index contributed by atoms with van der Waals surface area (Å²) in [4.78, 5) is 0. The van der Waals surface area contributed by atoms with Gasteiger partial charge in [-0.25, -0.2) is 0 Å². The number of aliphatic hydroxyl groups excluding tert-OH is 1. The molecule has 0 spiro atoms. The van der Waals surface area contributed by atoms with E-state index in [-0.39, 0.29) is 0 Å². The predicted molar refractivity (Wildman–Crippen MR) is 65.2 cm³/mol. The van der Waals surface area contributed by atoms with Crippen molar-refractivity contribution in [1.82, 2.24) is 5.32 Å². The predicted octanol–water partition coefficient (Wildman–Crippen LogP) is 0.169. The Morgan fingerprint density at radius 1 is 1.47 bits per heavy atom. The first-order valence-electron chi connectivity index (χ1n) is 6.40. The number of ether oxygens (including phenoxy) is 3. The first kappa shape index (κ1) is 14.9. The molecule has 102 valence electrons. The molecule has 2 unspecified atom stereocenters. The first-order chi connectivity index (χ1) is 8.33. The van der Waals surface area contributed by atoms with Gasteiger partial charge in [0.25, 0.3) is 0 Å². The summed E-state index contributed by atoms with van der Waals surface area (Å²) in [6.07, 6.45) is 3.34. The maximum Gasteiger partial charge on any atom is 0.0897 e. The minimum absolute atomic E-state index is 0.357. The molecule has 0 radical (unpaired) electrons. The smallest absolute Gasteiger partial charge is 0.0897 e. The quantitative estimate of drug-likeness (QED) is 0.539. The van der Waals surface area contributed by atoms with Crippen LogP contribution in [0.3, 0.4) is 0 Å². The second-order valence-electron chi connectivity index (χ2n) is 4.35. The number of nitrogens with one attached hydrogen (secondary N) is 1. The standard InChI is InChI=1S/C12H25NO4/c1-15-7-8-16-10-11(14)9-13-5-4-12-3-2-6-17-12/h11-14H,2-10H2,1H3. The number of rotatable bonds is 10. The highest BCUT2D eigenvalue weighted by Gasteiger charge is 2.14. The van der Waals surface area contributed by atoms with E-state index in [1.54, 1.807) is 7.11 Å². The van der Waals surface area contributed by atoms with Crippen LogP contribution in [0, 0.1) is 0 Å². The Morgan fingerprint density at radius 2 is 2.35 bits per heavy atom. The van der Waals surface area contributed by atoms with Crippen LogP contribution in [0.4, 0.5) is 0 Å². The highest BCUT2D eigenvalue weighted by Crippen LogP contribution is 2.14. The molecular weight excluding hydrogens is 222 g/mol. The highest BCUT2D eigenvalue weighted by atomic mass is 16.5. The van der Waals surface area contributed by atoms with Crippen molar-refractivity contribution in [2.45, 2.75) is 31.5 Å². The fourth-order valence-electron chi connectivity index (χ4n) is 1.82. The summed E-state index contributed by atoms with van der Waals surface area (Å²) in [5.74, 6) is 0. The molecule has 0 aromatic heterocycles. The lowest BCUT2D eigenvalue weighted by molar-refractivity contribution is 0.0134.